The van der Waals surface area contributed by atoms with Gasteiger partial charge in [0.25, 0.3) is 5.43 Å². The van der Waals surface area contributed by atoms with E-state index in [0.717, 1.165) is 16.9 Å². The zero-order valence-electron chi connectivity index (χ0n) is 11.6. The van der Waals surface area contributed by atoms with Crippen molar-refractivity contribution in [2.75, 3.05) is 11.9 Å². The molecule has 0 bridgehead atoms. The van der Waals surface area contributed by atoms with Crippen molar-refractivity contribution in [2.24, 2.45) is 0 Å². The molecule has 1 aliphatic rings. The normalized spacial score (nSPS) is 18.8. The minimum absolute atomic E-state index is 0.109. The highest BCUT2D eigenvalue weighted by Gasteiger charge is 2.38. The van der Waals surface area contributed by atoms with Crippen LogP contribution in [0.15, 0.2) is 39.6 Å². The average molecular weight is 269 g/mol. The third-order valence-electron chi connectivity index (χ3n) is 4.14. The summed E-state index contributed by atoms with van der Waals surface area (Å²) in [6.45, 7) is 4.12. The molecule has 1 heterocycles. The average Bonchev–Trinajstić information content (AvgIpc) is 2.64. The fourth-order valence-electron chi connectivity index (χ4n) is 2.93. The van der Waals surface area contributed by atoms with Crippen molar-refractivity contribution in [3.63, 3.8) is 0 Å². The van der Waals surface area contributed by atoms with E-state index in [0.29, 0.717) is 0 Å². The van der Waals surface area contributed by atoms with Crippen LogP contribution in [-0.4, -0.2) is 12.2 Å². The molecule has 2 aromatic rings. The molecule has 0 aliphatic carbocycles. The first-order valence-corrected chi connectivity index (χ1v) is 6.43. The number of para-hydroxylation sites is 1. The summed E-state index contributed by atoms with van der Waals surface area (Å²) in [4.78, 5) is 24.6. The maximum Gasteiger partial charge on any atom is 0.268 e. The second-order valence-electron chi connectivity index (χ2n) is 5.65. The Morgan fingerprint density at radius 2 is 1.80 bits per heavy atom. The molecule has 0 spiro atoms. The molecule has 0 aromatic heterocycles. The predicted octanol–water partition coefficient (Wildman–Crippen LogP) is 1.76. The van der Waals surface area contributed by atoms with E-state index in [1.165, 1.54) is 0 Å². The van der Waals surface area contributed by atoms with E-state index in [1.54, 1.807) is 6.08 Å². The van der Waals surface area contributed by atoms with Crippen LogP contribution in [0.5, 0.6) is 5.75 Å². The molecule has 102 valence electrons. The Morgan fingerprint density at radius 3 is 2.40 bits per heavy atom. The van der Waals surface area contributed by atoms with Gasteiger partial charge in [-0.15, -0.1) is 0 Å². The van der Waals surface area contributed by atoms with E-state index in [9.17, 15) is 14.7 Å². The number of benzene rings is 1. The van der Waals surface area contributed by atoms with E-state index in [2.05, 4.69) is 19.9 Å². The van der Waals surface area contributed by atoms with Crippen LogP contribution in [0.25, 0.3) is 6.08 Å². The van der Waals surface area contributed by atoms with Crippen LogP contribution in [0.3, 0.4) is 0 Å². The number of likely N-dealkylation sites (N-methyl/N-ethyl adjacent to an activating group) is 1. The van der Waals surface area contributed by atoms with Crippen LogP contribution in [0.4, 0.5) is 5.69 Å². The largest absolute Gasteiger partial charge is 0.504 e. The summed E-state index contributed by atoms with van der Waals surface area (Å²) in [6.07, 6.45) is 1.62. The Morgan fingerprint density at radius 1 is 1.15 bits per heavy atom. The summed E-state index contributed by atoms with van der Waals surface area (Å²) >= 11 is 0. The molecule has 2 aromatic carbocycles. The van der Waals surface area contributed by atoms with Gasteiger partial charge < -0.3 is 10.0 Å². The molecule has 1 aliphatic heterocycles. The summed E-state index contributed by atoms with van der Waals surface area (Å²) in [6, 6.07) is 8.00. The summed E-state index contributed by atoms with van der Waals surface area (Å²) < 4.78 is 0. The van der Waals surface area contributed by atoms with Gasteiger partial charge >= 0.3 is 0 Å². The minimum Gasteiger partial charge on any atom is -0.504 e. The van der Waals surface area contributed by atoms with Gasteiger partial charge in [0.1, 0.15) is 0 Å². The molecule has 1 N–H and O–H groups in total. The Bertz CT molecular complexity index is 807. The molecule has 0 saturated heterocycles. The fourth-order valence-corrected chi connectivity index (χ4v) is 2.93. The highest BCUT2D eigenvalue weighted by atomic mass is 16.3. The van der Waals surface area contributed by atoms with Crippen LogP contribution < -0.4 is 15.8 Å². The monoisotopic (exact) mass is 269 g/mol. The van der Waals surface area contributed by atoms with Crippen molar-refractivity contribution in [1.82, 2.24) is 0 Å². The molecule has 0 fully saturated rings. The maximum atomic E-state index is 11.5. The zero-order chi connectivity index (χ0) is 14.7. The number of anilines is 1. The van der Waals surface area contributed by atoms with Gasteiger partial charge in [0.05, 0.1) is 5.56 Å². The van der Waals surface area contributed by atoms with E-state index in [1.807, 2.05) is 30.1 Å². The Balaban J connectivity index is 2.18. The summed E-state index contributed by atoms with van der Waals surface area (Å²) in [5, 5.41) is 9.53. The highest BCUT2D eigenvalue weighted by molar-refractivity contribution is 5.77. The van der Waals surface area contributed by atoms with Crippen molar-refractivity contribution in [1.29, 1.82) is 0 Å². The molecule has 4 nitrogen and oxygen atoms in total. The van der Waals surface area contributed by atoms with Gasteiger partial charge in [0.15, 0.2) is 5.75 Å². The predicted molar refractivity (Wildman–Crippen MR) is 78.9 cm³/mol. The summed E-state index contributed by atoms with van der Waals surface area (Å²) in [7, 11) is 1.92. The van der Waals surface area contributed by atoms with Gasteiger partial charge in [0.2, 0.25) is 5.43 Å². The summed E-state index contributed by atoms with van der Waals surface area (Å²) in [5.74, 6) is -0.428. The topological polar surface area (TPSA) is 57.6 Å². The molecule has 0 unspecified atom stereocenters. The SMILES string of the molecule is CN1/C(=C\c2c(O)c(=O)c2=O)C(C)(C)c2ccccc21. The third-order valence-corrected chi connectivity index (χ3v) is 4.14. The maximum absolute atomic E-state index is 11.5. The number of rotatable bonds is 1. The molecule has 3 rings (SSSR count). The van der Waals surface area contributed by atoms with Crippen LogP contribution in [-0.2, 0) is 5.41 Å². The lowest BCUT2D eigenvalue weighted by molar-refractivity contribution is 0.461. The Hall–Kier alpha value is -2.36. The van der Waals surface area contributed by atoms with Crippen LogP contribution in [0.1, 0.15) is 25.0 Å². The van der Waals surface area contributed by atoms with E-state index >= 15 is 0 Å². The van der Waals surface area contributed by atoms with Crippen molar-refractivity contribution >= 4 is 11.8 Å². The third kappa shape index (κ3) is 1.42. The van der Waals surface area contributed by atoms with Gasteiger partial charge in [0, 0.05) is 23.8 Å². The molecule has 0 amide bonds. The Labute approximate surface area is 116 Å². The number of nitrogens with zero attached hydrogens (tertiary/aromatic N) is 1. The zero-order valence-corrected chi connectivity index (χ0v) is 11.6. The molecule has 0 radical (unpaired) electrons. The first-order chi connectivity index (χ1) is 9.35. The molecule has 0 atom stereocenters. The van der Waals surface area contributed by atoms with Crippen LogP contribution in [0, 0.1) is 0 Å². The van der Waals surface area contributed by atoms with E-state index in [4.69, 9.17) is 0 Å². The van der Waals surface area contributed by atoms with Crippen molar-refractivity contribution in [3.05, 3.63) is 61.5 Å². The van der Waals surface area contributed by atoms with Gasteiger partial charge in [-0.25, -0.2) is 0 Å². The highest BCUT2D eigenvalue weighted by Crippen LogP contribution is 2.47. The smallest absolute Gasteiger partial charge is 0.268 e. The molecule has 20 heavy (non-hydrogen) atoms. The first-order valence-electron chi connectivity index (χ1n) is 6.43. The number of fused-ring (bicyclic) bond motifs is 1. The Kier molecular flexibility index (Phi) is 2.42. The first kappa shape index (κ1) is 12.7. The fraction of sp³-hybridized carbons (Fsp3) is 0.250. The number of allylic oxidation sites excluding steroid dienone is 1. The minimum atomic E-state index is -0.798. The van der Waals surface area contributed by atoms with E-state index < -0.39 is 16.6 Å². The quantitative estimate of drug-likeness (QED) is 0.801. The molecule has 4 heteroatoms. The second kappa shape index (κ2) is 3.82. The van der Waals surface area contributed by atoms with Gasteiger partial charge in [-0.05, 0) is 17.7 Å². The lowest BCUT2D eigenvalue weighted by Gasteiger charge is -2.24. The number of hydrogen-bond acceptors (Lipinski definition) is 4. The van der Waals surface area contributed by atoms with Gasteiger partial charge in [-0.2, -0.15) is 0 Å². The van der Waals surface area contributed by atoms with Crippen LogP contribution >= 0.6 is 0 Å². The summed E-state index contributed by atoms with van der Waals surface area (Å²) in [5.41, 5.74) is 1.54. The lowest BCUT2D eigenvalue weighted by Crippen LogP contribution is -2.33. The standard InChI is InChI=1S/C16H15NO3/c1-16(2)10-6-4-5-7-11(10)17(3)12(16)8-9-13(18)15(20)14(9)19/h4-8,18H,1-3H3/b12-8-. The molecular formula is C16H15NO3. The molecular weight excluding hydrogens is 254 g/mol. The second-order valence-corrected chi connectivity index (χ2v) is 5.65. The molecule has 0 saturated carbocycles. The van der Waals surface area contributed by atoms with Crippen molar-refractivity contribution < 1.29 is 5.11 Å². The van der Waals surface area contributed by atoms with Crippen molar-refractivity contribution in [3.8, 4) is 5.75 Å². The number of aromatic hydroxyl groups is 1. The van der Waals surface area contributed by atoms with Crippen LogP contribution in [0.2, 0.25) is 0 Å². The van der Waals surface area contributed by atoms with E-state index in [-0.39, 0.29) is 11.0 Å². The van der Waals surface area contributed by atoms with Gasteiger partial charge in [-0.3, -0.25) is 9.59 Å². The van der Waals surface area contributed by atoms with Crippen molar-refractivity contribution in [2.45, 2.75) is 19.3 Å². The lowest BCUT2D eigenvalue weighted by atomic mass is 9.83. The number of hydrogen-bond donors (Lipinski definition) is 1. The van der Waals surface area contributed by atoms with Gasteiger partial charge in [-0.1, -0.05) is 32.0 Å².